The largest absolute Gasteiger partial charge is 0.395 e. The Bertz CT molecular complexity index is 1100. The summed E-state index contributed by atoms with van der Waals surface area (Å²) in [5, 5.41) is 35.3. The van der Waals surface area contributed by atoms with Gasteiger partial charge in [0, 0.05) is 42.4 Å². The van der Waals surface area contributed by atoms with Gasteiger partial charge in [0.2, 0.25) is 5.91 Å². The van der Waals surface area contributed by atoms with Crippen molar-refractivity contribution in [2.24, 2.45) is 5.92 Å². The number of carbonyl (C=O) groups is 3. The smallest absolute Gasteiger partial charge is 0.261 e. The van der Waals surface area contributed by atoms with Gasteiger partial charge in [0.05, 0.1) is 6.61 Å². The lowest BCUT2D eigenvalue weighted by molar-refractivity contribution is -0.137. The minimum atomic E-state index is -1.91. The number of rotatable bonds is 10. The molecule has 0 saturated heterocycles. The molecule has 0 spiro atoms. The fourth-order valence-corrected chi connectivity index (χ4v) is 3.94. The molecule has 5 N–H and O–H groups in total. The Labute approximate surface area is 204 Å². The fraction of sp³-hybridized carbons (Fsp3) is 0.346. The molecule has 186 valence electrons. The highest BCUT2D eigenvalue weighted by molar-refractivity contribution is 6.06. The Morgan fingerprint density at radius 2 is 1.89 bits per heavy atom. The zero-order valence-corrected chi connectivity index (χ0v) is 19.8. The minimum absolute atomic E-state index is 0.0339. The first-order valence-electron chi connectivity index (χ1n) is 11.4. The van der Waals surface area contributed by atoms with Crippen LogP contribution in [0.2, 0.25) is 0 Å². The lowest BCUT2D eigenvalue weighted by Crippen LogP contribution is -2.39. The Morgan fingerprint density at radius 1 is 1.17 bits per heavy atom. The van der Waals surface area contributed by atoms with Crippen molar-refractivity contribution in [2.45, 2.75) is 38.5 Å². The van der Waals surface area contributed by atoms with E-state index in [0.29, 0.717) is 23.5 Å². The van der Waals surface area contributed by atoms with Crippen molar-refractivity contribution in [3.63, 3.8) is 0 Å². The summed E-state index contributed by atoms with van der Waals surface area (Å²) in [4.78, 5) is 38.8. The number of nitrogens with zero attached hydrogens (tertiary/aromatic N) is 1. The van der Waals surface area contributed by atoms with Gasteiger partial charge in [-0.05, 0) is 30.7 Å². The highest BCUT2D eigenvalue weighted by atomic mass is 16.3. The zero-order valence-electron chi connectivity index (χ0n) is 19.8. The van der Waals surface area contributed by atoms with Crippen LogP contribution in [0.3, 0.4) is 0 Å². The van der Waals surface area contributed by atoms with E-state index in [4.69, 9.17) is 0 Å². The Balaban J connectivity index is 1.72. The minimum Gasteiger partial charge on any atom is -0.395 e. The molecule has 0 fully saturated rings. The van der Waals surface area contributed by atoms with Crippen LogP contribution in [0.5, 0.6) is 0 Å². The lowest BCUT2D eigenvalue weighted by Gasteiger charge is -2.26. The normalized spacial score (nSPS) is 18.6. The van der Waals surface area contributed by atoms with E-state index < -0.39 is 29.4 Å². The van der Waals surface area contributed by atoms with Crippen molar-refractivity contribution in [3.05, 3.63) is 71.8 Å². The molecule has 0 aromatic heterocycles. The first-order valence-corrected chi connectivity index (χ1v) is 11.4. The summed E-state index contributed by atoms with van der Waals surface area (Å²) in [6.07, 6.45) is 2.03. The van der Waals surface area contributed by atoms with Crippen molar-refractivity contribution in [1.82, 2.24) is 4.90 Å². The van der Waals surface area contributed by atoms with Gasteiger partial charge in [0.15, 0.2) is 5.60 Å². The second-order valence-electron chi connectivity index (χ2n) is 8.59. The van der Waals surface area contributed by atoms with E-state index in [9.17, 15) is 29.7 Å². The third-order valence-corrected chi connectivity index (χ3v) is 5.99. The summed E-state index contributed by atoms with van der Waals surface area (Å²) in [6, 6.07) is 14.1. The molecule has 2 aromatic rings. The van der Waals surface area contributed by atoms with Crippen LogP contribution in [0.1, 0.15) is 31.4 Å². The van der Waals surface area contributed by atoms with E-state index in [2.05, 4.69) is 10.6 Å². The molecule has 0 saturated carbocycles. The Kier molecular flexibility index (Phi) is 8.39. The zero-order chi connectivity index (χ0) is 25.6. The van der Waals surface area contributed by atoms with Crippen molar-refractivity contribution >= 4 is 29.1 Å². The Hall–Kier alpha value is -3.53. The van der Waals surface area contributed by atoms with Crippen LogP contribution < -0.4 is 10.6 Å². The molecule has 35 heavy (non-hydrogen) atoms. The maximum Gasteiger partial charge on any atom is 0.261 e. The fourth-order valence-electron chi connectivity index (χ4n) is 3.94. The molecule has 9 nitrogen and oxygen atoms in total. The first-order chi connectivity index (χ1) is 16.7. The number of nitrogens with one attached hydrogen (secondary N) is 2. The van der Waals surface area contributed by atoms with Gasteiger partial charge in [-0.2, -0.15) is 0 Å². The van der Waals surface area contributed by atoms with E-state index in [1.54, 1.807) is 36.1 Å². The summed E-state index contributed by atoms with van der Waals surface area (Å²) in [5.74, 6) is -2.11. The highest BCUT2D eigenvalue weighted by Gasteiger charge is 2.48. The molecule has 0 unspecified atom stereocenters. The van der Waals surface area contributed by atoms with E-state index in [1.807, 2.05) is 30.3 Å². The monoisotopic (exact) mass is 481 g/mol. The highest BCUT2D eigenvalue weighted by Crippen LogP contribution is 2.42. The van der Waals surface area contributed by atoms with Gasteiger partial charge >= 0.3 is 0 Å². The SMILES string of the molecule is C[C@H](O)C(=O)Nc1ccc2c(c1)[C@](O)([C@@H](C)/C=C/CC(=O)N(CCO)Cc1ccccc1)C(=O)N2. The number of benzene rings is 2. The van der Waals surface area contributed by atoms with Crippen LogP contribution >= 0.6 is 0 Å². The van der Waals surface area contributed by atoms with Crippen molar-refractivity contribution in [1.29, 1.82) is 0 Å². The molecule has 1 heterocycles. The van der Waals surface area contributed by atoms with Gasteiger partial charge in [-0.15, -0.1) is 0 Å². The van der Waals surface area contributed by atoms with Gasteiger partial charge in [-0.1, -0.05) is 49.4 Å². The summed E-state index contributed by atoms with van der Waals surface area (Å²) < 4.78 is 0. The van der Waals surface area contributed by atoms with E-state index in [0.717, 1.165) is 5.56 Å². The topological polar surface area (TPSA) is 139 Å². The van der Waals surface area contributed by atoms with Crippen LogP contribution in [-0.4, -0.2) is 57.2 Å². The lowest BCUT2D eigenvalue weighted by atomic mass is 9.82. The second kappa shape index (κ2) is 11.3. The van der Waals surface area contributed by atoms with E-state index >= 15 is 0 Å². The summed E-state index contributed by atoms with van der Waals surface area (Å²) in [6.45, 7) is 3.39. The third kappa shape index (κ3) is 5.94. The predicted octanol–water partition coefficient (Wildman–Crippen LogP) is 1.75. The molecule has 3 rings (SSSR count). The number of aliphatic hydroxyl groups excluding tert-OH is 2. The van der Waals surface area contributed by atoms with Gasteiger partial charge in [-0.3, -0.25) is 14.4 Å². The number of anilines is 2. The molecule has 0 bridgehead atoms. The number of carbonyl (C=O) groups excluding carboxylic acids is 3. The average Bonchev–Trinajstić information content (AvgIpc) is 3.09. The number of aliphatic hydroxyl groups is 3. The van der Waals surface area contributed by atoms with Crippen LogP contribution in [0.25, 0.3) is 0 Å². The second-order valence-corrected chi connectivity index (χ2v) is 8.59. The third-order valence-electron chi connectivity index (χ3n) is 5.99. The summed E-state index contributed by atoms with van der Waals surface area (Å²) in [7, 11) is 0. The van der Waals surface area contributed by atoms with Crippen LogP contribution in [0.4, 0.5) is 11.4 Å². The average molecular weight is 482 g/mol. The van der Waals surface area contributed by atoms with Gasteiger partial charge in [-0.25, -0.2) is 0 Å². The summed E-state index contributed by atoms with van der Waals surface area (Å²) >= 11 is 0. The first kappa shape index (κ1) is 26.1. The molecule has 3 atom stereocenters. The molecule has 1 aliphatic rings. The molecule has 2 aromatic carbocycles. The predicted molar refractivity (Wildman–Crippen MR) is 131 cm³/mol. The Morgan fingerprint density at radius 3 is 2.54 bits per heavy atom. The molecular weight excluding hydrogens is 450 g/mol. The van der Waals surface area contributed by atoms with Crippen molar-refractivity contribution in [2.75, 3.05) is 23.8 Å². The molecule has 9 heteroatoms. The molecular formula is C26H31N3O6. The molecule has 0 radical (unpaired) electrons. The van der Waals surface area contributed by atoms with Gasteiger partial charge in [0.25, 0.3) is 11.8 Å². The number of hydrogen-bond acceptors (Lipinski definition) is 6. The quantitative estimate of drug-likeness (QED) is 0.328. The molecule has 0 aliphatic carbocycles. The maximum atomic E-state index is 12.7. The van der Waals surface area contributed by atoms with E-state index in [1.165, 1.54) is 13.0 Å². The summed E-state index contributed by atoms with van der Waals surface area (Å²) in [5.41, 5.74) is 0.0753. The standard InChI is InChI=1S/C26H31N3O6/c1-17(7-6-10-23(32)29(13-14-30)16-19-8-4-3-5-9-19)26(35)21-15-20(27-24(33)18(2)31)11-12-22(21)28-25(26)34/h3-9,11-12,15,17-18,30-31,35H,10,13-14,16H2,1-2H3,(H,27,33)(H,28,34)/b7-6+/t17-,18-,26+/m0/s1. The van der Waals surface area contributed by atoms with Crippen LogP contribution in [-0.2, 0) is 26.5 Å². The van der Waals surface area contributed by atoms with Crippen LogP contribution in [0, 0.1) is 5.92 Å². The maximum absolute atomic E-state index is 12.7. The molecule has 1 aliphatic heterocycles. The number of amides is 3. The van der Waals surface area contributed by atoms with Crippen molar-refractivity contribution < 1.29 is 29.7 Å². The van der Waals surface area contributed by atoms with E-state index in [-0.39, 0.29) is 25.5 Å². The number of hydrogen-bond donors (Lipinski definition) is 5. The van der Waals surface area contributed by atoms with Crippen molar-refractivity contribution in [3.8, 4) is 0 Å². The van der Waals surface area contributed by atoms with Gasteiger partial charge < -0.3 is 30.9 Å². The number of fused-ring (bicyclic) bond motifs is 1. The van der Waals surface area contributed by atoms with Crippen LogP contribution in [0.15, 0.2) is 60.7 Å². The van der Waals surface area contributed by atoms with Gasteiger partial charge in [0.1, 0.15) is 6.10 Å². The molecule has 3 amide bonds.